The maximum atomic E-state index is 6.33. The minimum Gasteiger partial charge on any atom is -0.258 e. The molecule has 1 N–H and O–H groups in total. The summed E-state index contributed by atoms with van der Waals surface area (Å²) in [7, 11) is 0. The minimum absolute atomic E-state index is 0.512. The van der Waals surface area contributed by atoms with Gasteiger partial charge in [-0.1, -0.05) is 40.5 Å². The molecule has 4 rings (SSSR count). The second-order valence-electron chi connectivity index (χ2n) is 4.87. The molecule has 0 fully saturated rings. The van der Waals surface area contributed by atoms with Crippen molar-refractivity contribution in [1.29, 1.82) is 0 Å². The van der Waals surface area contributed by atoms with E-state index in [-0.39, 0.29) is 0 Å². The molecule has 4 aromatic rings. The lowest BCUT2D eigenvalue weighted by molar-refractivity contribution is 0.959. The van der Waals surface area contributed by atoms with Crippen molar-refractivity contribution in [1.82, 2.24) is 25.4 Å². The predicted molar refractivity (Wildman–Crippen MR) is 89.2 cm³/mol. The maximum absolute atomic E-state index is 6.33. The van der Waals surface area contributed by atoms with Gasteiger partial charge in [-0.25, -0.2) is 9.97 Å². The van der Waals surface area contributed by atoms with Crippen molar-refractivity contribution in [3.8, 4) is 22.4 Å². The van der Waals surface area contributed by atoms with E-state index in [2.05, 4.69) is 31.7 Å². The first-order valence-electron chi connectivity index (χ1n) is 6.72. The Balaban J connectivity index is 1.99. The summed E-state index contributed by atoms with van der Waals surface area (Å²) in [5.74, 6) is 0. The van der Waals surface area contributed by atoms with Crippen LogP contribution < -0.4 is 0 Å². The van der Waals surface area contributed by atoms with Gasteiger partial charge in [-0.3, -0.25) is 5.10 Å². The van der Waals surface area contributed by atoms with Gasteiger partial charge in [0.05, 0.1) is 16.2 Å². The van der Waals surface area contributed by atoms with E-state index < -0.39 is 0 Å². The van der Waals surface area contributed by atoms with Crippen molar-refractivity contribution in [3.05, 3.63) is 59.0 Å². The van der Waals surface area contributed by atoms with Crippen molar-refractivity contribution < 1.29 is 0 Å². The first kappa shape index (κ1) is 14.1. The molecule has 0 amide bonds. The zero-order valence-electron chi connectivity index (χ0n) is 11.6. The van der Waals surface area contributed by atoms with Crippen LogP contribution in [0.4, 0.5) is 0 Å². The average molecular weight is 341 g/mol. The molecule has 0 saturated carbocycles. The number of hydrogen-bond acceptors (Lipinski definition) is 4. The van der Waals surface area contributed by atoms with E-state index in [9.17, 15) is 0 Å². The Labute approximate surface area is 141 Å². The molecule has 2 heterocycles. The van der Waals surface area contributed by atoms with Gasteiger partial charge in [-0.2, -0.15) is 0 Å². The lowest BCUT2D eigenvalue weighted by atomic mass is 10.00. The molecule has 0 bridgehead atoms. The van der Waals surface area contributed by atoms with Gasteiger partial charge in [-0.15, -0.1) is 5.10 Å². The van der Waals surface area contributed by atoms with Crippen LogP contribution in [0.15, 0.2) is 42.6 Å². The van der Waals surface area contributed by atoms with Gasteiger partial charge in [0.2, 0.25) is 0 Å². The van der Waals surface area contributed by atoms with Crippen LogP contribution in [-0.2, 0) is 0 Å². The Hall–Kier alpha value is -2.50. The minimum atomic E-state index is 0.512. The number of aromatic nitrogens is 5. The average Bonchev–Trinajstić information content (AvgIpc) is 3.04. The number of fused-ring (bicyclic) bond motifs is 1. The first-order chi connectivity index (χ1) is 11.2. The van der Waals surface area contributed by atoms with Gasteiger partial charge in [0.25, 0.3) is 0 Å². The highest BCUT2D eigenvalue weighted by Gasteiger charge is 2.16. The van der Waals surface area contributed by atoms with Crippen molar-refractivity contribution in [2.75, 3.05) is 0 Å². The Morgan fingerprint density at radius 3 is 2.78 bits per heavy atom. The third-order valence-electron chi connectivity index (χ3n) is 3.50. The molecule has 5 nitrogen and oxygen atoms in total. The summed E-state index contributed by atoms with van der Waals surface area (Å²) in [6, 6.07) is 11.0. The van der Waals surface area contributed by atoms with E-state index in [0.29, 0.717) is 15.7 Å². The number of rotatable bonds is 2. The molecule has 0 atom stereocenters. The zero-order chi connectivity index (χ0) is 15.8. The third-order valence-corrected chi connectivity index (χ3v) is 4.05. The summed E-state index contributed by atoms with van der Waals surface area (Å²) in [6.07, 6.45) is 4.31. The highest BCUT2D eigenvalue weighted by molar-refractivity contribution is 6.36. The van der Waals surface area contributed by atoms with E-state index in [4.69, 9.17) is 23.2 Å². The molecule has 0 aliphatic heterocycles. The summed E-state index contributed by atoms with van der Waals surface area (Å²) < 4.78 is 0. The van der Waals surface area contributed by atoms with Crippen molar-refractivity contribution in [3.63, 3.8) is 0 Å². The number of hydrogen-bond donors (Lipinski definition) is 1. The fraction of sp³-hybridized carbons (Fsp3) is 0. The highest BCUT2D eigenvalue weighted by atomic mass is 35.5. The van der Waals surface area contributed by atoms with E-state index in [1.807, 2.05) is 24.3 Å². The van der Waals surface area contributed by atoms with Gasteiger partial charge in [0.1, 0.15) is 5.52 Å². The second-order valence-corrected chi connectivity index (χ2v) is 5.71. The summed E-state index contributed by atoms with van der Waals surface area (Å²) >= 11 is 12.3. The second kappa shape index (κ2) is 5.61. The number of benzene rings is 2. The molecule has 0 saturated heterocycles. The molecular formula is C16H8Cl2N5. The standard InChI is InChI=1S/C16H8Cl2N5/c17-9-4-5-11(13(18)6-9)15-12(7-19-8-20-15)10-2-1-3-14-16(10)22-23-21-14/h1-7H,(H,21,22,23). The van der Waals surface area contributed by atoms with Crippen LogP contribution in [0.1, 0.15) is 0 Å². The Morgan fingerprint density at radius 2 is 1.91 bits per heavy atom. The molecule has 0 spiro atoms. The highest BCUT2D eigenvalue weighted by Crippen LogP contribution is 2.36. The van der Waals surface area contributed by atoms with Crippen LogP contribution in [0.2, 0.25) is 10.0 Å². The SMILES string of the molecule is Clc1ccc(-c2n[c]ncc2-c2cccc3[nH]nnc23)c(Cl)c1. The molecule has 7 heteroatoms. The normalized spacial score (nSPS) is 11.0. The zero-order valence-corrected chi connectivity index (χ0v) is 13.1. The summed E-state index contributed by atoms with van der Waals surface area (Å²) in [5, 5.41) is 11.9. The molecule has 111 valence electrons. The molecule has 0 aliphatic rings. The monoisotopic (exact) mass is 340 g/mol. The Kier molecular flexibility index (Phi) is 3.44. The Morgan fingerprint density at radius 1 is 1.00 bits per heavy atom. The van der Waals surface area contributed by atoms with Crippen LogP contribution >= 0.6 is 23.2 Å². The molecule has 23 heavy (non-hydrogen) atoms. The first-order valence-corrected chi connectivity index (χ1v) is 7.48. The summed E-state index contributed by atoms with van der Waals surface area (Å²) in [4.78, 5) is 8.31. The number of aromatic amines is 1. The summed E-state index contributed by atoms with van der Waals surface area (Å²) in [5.41, 5.74) is 4.67. The number of H-pyrrole nitrogens is 1. The van der Waals surface area contributed by atoms with Gasteiger partial charge in [-0.05, 0) is 24.3 Å². The molecule has 2 aromatic carbocycles. The fourth-order valence-electron chi connectivity index (χ4n) is 2.47. The number of nitrogens with zero attached hydrogens (tertiary/aromatic N) is 4. The molecule has 0 aliphatic carbocycles. The molecule has 0 unspecified atom stereocenters. The van der Waals surface area contributed by atoms with Crippen LogP contribution in [0, 0.1) is 6.33 Å². The van der Waals surface area contributed by atoms with E-state index in [1.54, 1.807) is 18.3 Å². The van der Waals surface area contributed by atoms with Crippen LogP contribution in [-0.4, -0.2) is 25.4 Å². The third kappa shape index (κ3) is 2.44. The summed E-state index contributed by atoms with van der Waals surface area (Å²) in [6.45, 7) is 0. The van der Waals surface area contributed by atoms with Gasteiger partial charge in [0, 0.05) is 27.9 Å². The Bertz CT molecular complexity index is 1010. The number of halogens is 2. The van der Waals surface area contributed by atoms with Crippen molar-refractivity contribution in [2.24, 2.45) is 0 Å². The number of nitrogens with one attached hydrogen (secondary N) is 1. The smallest absolute Gasteiger partial charge is 0.198 e. The van der Waals surface area contributed by atoms with E-state index in [0.717, 1.165) is 27.7 Å². The van der Waals surface area contributed by atoms with Crippen LogP contribution in [0.3, 0.4) is 0 Å². The van der Waals surface area contributed by atoms with E-state index in [1.165, 1.54) is 0 Å². The van der Waals surface area contributed by atoms with Crippen LogP contribution in [0.25, 0.3) is 33.4 Å². The molecular weight excluding hydrogens is 333 g/mol. The van der Waals surface area contributed by atoms with Gasteiger partial charge in [0.15, 0.2) is 6.33 Å². The van der Waals surface area contributed by atoms with Gasteiger partial charge >= 0.3 is 0 Å². The van der Waals surface area contributed by atoms with Crippen molar-refractivity contribution in [2.45, 2.75) is 0 Å². The van der Waals surface area contributed by atoms with Gasteiger partial charge < -0.3 is 0 Å². The maximum Gasteiger partial charge on any atom is 0.198 e. The largest absolute Gasteiger partial charge is 0.258 e. The predicted octanol–water partition coefficient (Wildman–Crippen LogP) is 4.19. The topological polar surface area (TPSA) is 67.3 Å². The van der Waals surface area contributed by atoms with Crippen LogP contribution in [0.5, 0.6) is 0 Å². The molecule has 1 radical (unpaired) electrons. The lowest BCUT2D eigenvalue weighted by Crippen LogP contribution is -1.93. The quantitative estimate of drug-likeness (QED) is 0.594. The fourth-order valence-corrected chi connectivity index (χ4v) is 2.96. The van der Waals surface area contributed by atoms with Crippen molar-refractivity contribution >= 4 is 34.2 Å². The molecule has 2 aromatic heterocycles. The lowest BCUT2D eigenvalue weighted by Gasteiger charge is -2.10. The van der Waals surface area contributed by atoms with E-state index >= 15 is 0 Å².